The molecule has 0 aliphatic rings. The number of aromatic amines is 1. The molecule has 0 unspecified atom stereocenters. The number of nitrogens with zero attached hydrogens (tertiary/aromatic N) is 1. The molecule has 0 amide bonds. The van der Waals surface area contributed by atoms with E-state index in [4.69, 9.17) is 11.6 Å². The molecule has 1 aromatic carbocycles. The van der Waals surface area contributed by atoms with Crippen LogP contribution in [-0.2, 0) is 0 Å². The number of hydrogen-bond acceptors (Lipinski definition) is 2. The number of para-hydroxylation sites is 1. The van der Waals surface area contributed by atoms with Gasteiger partial charge < -0.3 is 0 Å². The van der Waals surface area contributed by atoms with Crippen molar-refractivity contribution in [3.8, 4) is 5.69 Å². The molecule has 0 fully saturated rings. The van der Waals surface area contributed by atoms with E-state index in [2.05, 4.69) is 27.6 Å². The molecule has 0 saturated heterocycles. The Balaban J connectivity index is 2.87. The van der Waals surface area contributed by atoms with E-state index in [1.807, 2.05) is 26.0 Å². The van der Waals surface area contributed by atoms with Crippen LogP contribution in [-0.4, -0.2) is 9.55 Å². The van der Waals surface area contributed by atoms with Crippen LogP contribution >= 0.6 is 34.2 Å². The number of aromatic nitrogens is 2. The van der Waals surface area contributed by atoms with Gasteiger partial charge in [0.2, 0.25) is 0 Å². The maximum atomic E-state index is 12.5. The van der Waals surface area contributed by atoms with E-state index in [9.17, 15) is 9.59 Å². The first-order chi connectivity index (χ1) is 8.93. The monoisotopic (exact) mass is 390 g/mol. The van der Waals surface area contributed by atoms with E-state index in [1.165, 1.54) is 0 Å². The Morgan fingerprint density at radius 3 is 2.47 bits per heavy atom. The maximum absolute atomic E-state index is 12.5. The fourth-order valence-corrected chi connectivity index (χ4v) is 2.88. The molecule has 1 heterocycles. The van der Waals surface area contributed by atoms with Crippen LogP contribution in [0, 0.1) is 3.57 Å². The summed E-state index contributed by atoms with van der Waals surface area (Å²) in [6, 6.07) is 7.21. The zero-order valence-corrected chi connectivity index (χ0v) is 13.3. The molecule has 2 aromatic rings. The summed E-state index contributed by atoms with van der Waals surface area (Å²) >= 11 is 8.05. The summed E-state index contributed by atoms with van der Waals surface area (Å²) in [6.45, 7) is 3.72. The minimum absolute atomic E-state index is 0.0653. The van der Waals surface area contributed by atoms with Crippen molar-refractivity contribution >= 4 is 34.2 Å². The standard InChI is InChI=1S/C13H12ClIN2O2/c1-7(2)10-11(14)16-13(19)17(12(10)18)9-6-4-3-5-8(9)15/h3-7H,1-2H3,(H,16,19). The third kappa shape index (κ3) is 2.62. The molecule has 0 aliphatic carbocycles. The van der Waals surface area contributed by atoms with Crippen molar-refractivity contribution in [3.05, 3.63) is 59.4 Å². The van der Waals surface area contributed by atoms with Crippen LogP contribution in [0.2, 0.25) is 5.15 Å². The zero-order chi connectivity index (χ0) is 14.2. The molecular weight excluding hydrogens is 379 g/mol. The van der Waals surface area contributed by atoms with E-state index in [0.29, 0.717) is 11.3 Å². The highest BCUT2D eigenvalue weighted by atomic mass is 127. The van der Waals surface area contributed by atoms with Crippen LogP contribution in [0.3, 0.4) is 0 Å². The molecule has 4 nitrogen and oxygen atoms in total. The first kappa shape index (κ1) is 14.3. The Kier molecular flexibility index (Phi) is 4.15. The number of nitrogens with one attached hydrogen (secondary N) is 1. The van der Waals surface area contributed by atoms with Crippen LogP contribution in [0.1, 0.15) is 25.3 Å². The molecule has 0 aliphatic heterocycles. The normalized spacial score (nSPS) is 11.0. The Morgan fingerprint density at radius 1 is 1.26 bits per heavy atom. The zero-order valence-electron chi connectivity index (χ0n) is 10.4. The number of hydrogen-bond donors (Lipinski definition) is 1. The topological polar surface area (TPSA) is 54.9 Å². The first-order valence-corrected chi connectivity index (χ1v) is 7.18. The minimum atomic E-state index is -0.525. The summed E-state index contributed by atoms with van der Waals surface area (Å²) in [5, 5.41) is 0.118. The van der Waals surface area contributed by atoms with Crippen LogP contribution < -0.4 is 11.2 Å². The molecule has 2 rings (SSSR count). The van der Waals surface area contributed by atoms with E-state index < -0.39 is 5.69 Å². The van der Waals surface area contributed by atoms with Crippen molar-refractivity contribution in [2.45, 2.75) is 19.8 Å². The fourth-order valence-electron chi connectivity index (χ4n) is 1.88. The fraction of sp³-hybridized carbons (Fsp3) is 0.231. The van der Waals surface area contributed by atoms with E-state index in [0.717, 1.165) is 8.14 Å². The van der Waals surface area contributed by atoms with Gasteiger partial charge in [-0.25, -0.2) is 9.36 Å². The number of benzene rings is 1. The lowest BCUT2D eigenvalue weighted by molar-refractivity contribution is 0.776. The molecule has 0 radical (unpaired) electrons. The molecule has 100 valence electrons. The summed E-state index contributed by atoms with van der Waals surface area (Å²) in [6.07, 6.45) is 0. The predicted molar refractivity (Wildman–Crippen MR) is 84.5 cm³/mol. The second-order valence-electron chi connectivity index (χ2n) is 4.40. The van der Waals surface area contributed by atoms with Crippen molar-refractivity contribution in [2.75, 3.05) is 0 Å². The third-order valence-corrected chi connectivity index (χ3v) is 3.97. The molecule has 19 heavy (non-hydrogen) atoms. The Hall–Kier alpha value is -1.08. The van der Waals surface area contributed by atoms with Gasteiger partial charge in [-0.2, -0.15) is 0 Å². The van der Waals surface area contributed by atoms with Gasteiger partial charge in [0.1, 0.15) is 5.15 Å². The highest BCUT2D eigenvalue weighted by Crippen LogP contribution is 2.19. The van der Waals surface area contributed by atoms with E-state index >= 15 is 0 Å². The summed E-state index contributed by atoms with van der Waals surface area (Å²) in [7, 11) is 0. The van der Waals surface area contributed by atoms with Gasteiger partial charge in [0.15, 0.2) is 0 Å². The molecule has 1 N–H and O–H groups in total. The Labute approximate surface area is 128 Å². The van der Waals surface area contributed by atoms with Crippen molar-refractivity contribution < 1.29 is 0 Å². The molecule has 0 spiro atoms. The number of H-pyrrole nitrogens is 1. The highest BCUT2D eigenvalue weighted by molar-refractivity contribution is 14.1. The van der Waals surface area contributed by atoms with Crippen molar-refractivity contribution in [2.24, 2.45) is 0 Å². The van der Waals surface area contributed by atoms with Gasteiger partial charge in [-0.15, -0.1) is 0 Å². The molecule has 6 heteroatoms. The van der Waals surface area contributed by atoms with Crippen molar-refractivity contribution in [3.63, 3.8) is 0 Å². The lowest BCUT2D eigenvalue weighted by Gasteiger charge is -2.12. The predicted octanol–water partition coefficient (Wildman–Crippen LogP) is 2.91. The van der Waals surface area contributed by atoms with E-state index in [1.54, 1.807) is 12.1 Å². The van der Waals surface area contributed by atoms with Gasteiger partial charge in [0, 0.05) is 3.57 Å². The van der Waals surface area contributed by atoms with Crippen molar-refractivity contribution in [1.29, 1.82) is 0 Å². The van der Waals surface area contributed by atoms with Gasteiger partial charge >= 0.3 is 5.69 Å². The van der Waals surface area contributed by atoms with Crippen LogP contribution in [0.15, 0.2) is 33.9 Å². The summed E-state index contributed by atoms with van der Waals surface area (Å²) in [5.74, 6) is -0.0653. The lowest BCUT2D eigenvalue weighted by atomic mass is 10.1. The maximum Gasteiger partial charge on any atom is 0.334 e. The molecule has 0 saturated carbocycles. The number of rotatable bonds is 2. The minimum Gasteiger partial charge on any atom is -0.297 e. The smallest absolute Gasteiger partial charge is 0.297 e. The molecule has 1 aromatic heterocycles. The molecule has 0 atom stereocenters. The van der Waals surface area contributed by atoms with Crippen LogP contribution in [0.5, 0.6) is 0 Å². The summed E-state index contributed by atoms with van der Waals surface area (Å²) in [4.78, 5) is 27.0. The lowest BCUT2D eigenvalue weighted by Crippen LogP contribution is -2.37. The second kappa shape index (κ2) is 5.50. The average molecular weight is 391 g/mol. The largest absolute Gasteiger partial charge is 0.334 e. The Morgan fingerprint density at radius 2 is 1.89 bits per heavy atom. The van der Waals surface area contributed by atoms with Gasteiger partial charge in [0.25, 0.3) is 5.56 Å². The average Bonchev–Trinajstić information content (AvgIpc) is 2.30. The Bertz CT molecular complexity index is 734. The highest BCUT2D eigenvalue weighted by Gasteiger charge is 2.17. The second-order valence-corrected chi connectivity index (χ2v) is 5.94. The van der Waals surface area contributed by atoms with Crippen molar-refractivity contribution in [1.82, 2.24) is 9.55 Å². The van der Waals surface area contributed by atoms with Gasteiger partial charge in [-0.1, -0.05) is 37.6 Å². The first-order valence-electron chi connectivity index (χ1n) is 5.73. The molecule has 0 bridgehead atoms. The SMILES string of the molecule is CC(C)c1c(Cl)[nH]c(=O)n(-c2ccccc2I)c1=O. The van der Waals surface area contributed by atoms with E-state index in [-0.39, 0.29) is 16.6 Å². The molecular formula is C13H12ClIN2O2. The summed E-state index contributed by atoms with van der Waals surface area (Å²) in [5.41, 5.74) is 0.0882. The summed E-state index contributed by atoms with van der Waals surface area (Å²) < 4.78 is 1.95. The third-order valence-electron chi connectivity index (χ3n) is 2.76. The van der Waals surface area contributed by atoms with Gasteiger partial charge in [0.05, 0.1) is 11.3 Å². The van der Waals surface area contributed by atoms with Gasteiger partial charge in [-0.3, -0.25) is 9.78 Å². The number of halogens is 2. The van der Waals surface area contributed by atoms with Crippen LogP contribution in [0.25, 0.3) is 5.69 Å². The van der Waals surface area contributed by atoms with Gasteiger partial charge in [-0.05, 0) is 40.6 Å². The quantitative estimate of drug-likeness (QED) is 0.633. The van der Waals surface area contributed by atoms with Crippen LogP contribution in [0.4, 0.5) is 0 Å².